The third-order valence-electron chi connectivity index (χ3n) is 4.43. The first-order chi connectivity index (χ1) is 9.69. The van der Waals surface area contributed by atoms with Gasteiger partial charge in [-0.15, -0.1) is 0 Å². The largest absolute Gasteiger partial charge is 0.387 e. The van der Waals surface area contributed by atoms with Crippen molar-refractivity contribution in [1.82, 2.24) is 4.98 Å². The lowest BCUT2D eigenvalue weighted by molar-refractivity contribution is -0.121. The molecule has 1 N–H and O–H groups in total. The first-order valence-electron chi connectivity index (χ1n) is 7.20. The Morgan fingerprint density at radius 2 is 2.20 bits per heavy atom. The molecule has 2 saturated heterocycles. The van der Waals surface area contributed by atoms with E-state index in [4.69, 9.17) is 4.74 Å². The van der Waals surface area contributed by atoms with E-state index >= 15 is 0 Å². The zero-order valence-corrected chi connectivity index (χ0v) is 12.2. The molecule has 0 radical (unpaired) electrons. The molecule has 2 atom stereocenters. The van der Waals surface area contributed by atoms with Crippen molar-refractivity contribution in [1.29, 1.82) is 0 Å². The van der Waals surface area contributed by atoms with Crippen LogP contribution in [0.4, 0.5) is 4.39 Å². The molecular formula is C15H20FNO2S. The van der Waals surface area contributed by atoms with E-state index < -0.39 is 6.10 Å². The van der Waals surface area contributed by atoms with Gasteiger partial charge in [-0.3, -0.25) is 4.98 Å². The van der Waals surface area contributed by atoms with Crippen LogP contribution in [0.2, 0.25) is 0 Å². The zero-order valence-electron chi connectivity index (χ0n) is 11.4. The van der Waals surface area contributed by atoms with E-state index in [0.29, 0.717) is 12.3 Å². The molecule has 0 amide bonds. The van der Waals surface area contributed by atoms with Crippen LogP contribution in [0.5, 0.6) is 0 Å². The van der Waals surface area contributed by atoms with Crippen molar-refractivity contribution in [2.24, 2.45) is 5.92 Å². The van der Waals surface area contributed by atoms with Crippen LogP contribution in [0.1, 0.15) is 37.5 Å². The minimum absolute atomic E-state index is 0.0465. The topological polar surface area (TPSA) is 42.4 Å². The van der Waals surface area contributed by atoms with E-state index in [0.717, 1.165) is 37.2 Å². The Balaban J connectivity index is 1.71. The van der Waals surface area contributed by atoms with Crippen molar-refractivity contribution in [3.8, 4) is 0 Å². The van der Waals surface area contributed by atoms with E-state index in [2.05, 4.69) is 4.98 Å². The predicted molar refractivity (Wildman–Crippen MR) is 77.1 cm³/mol. The van der Waals surface area contributed by atoms with E-state index in [9.17, 15) is 9.50 Å². The first-order valence-corrected chi connectivity index (χ1v) is 8.35. The number of aliphatic hydroxyl groups is 1. The van der Waals surface area contributed by atoms with Crippen LogP contribution >= 0.6 is 11.8 Å². The maximum atomic E-state index is 12.9. The van der Waals surface area contributed by atoms with E-state index in [1.165, 1.54) is 12.3 Å². The molecule has 0 aliphatic carbocycles. The van der Waals surface area contributed by atoms with Gasteiger partial charge in [0.15, 0.2) is 0 Å². The average molecular weight is 297 g/mol. The van der Waals surface area contributed by atoms with Gasteiger partial charge in [-0.25, -0.2) is 4.39 Å². The summed E-state index contributed by atoms with van der Waals surface area (Å²) in [6.07, 6.45) is 4.41. The lowest BCUT2D eigenvalue weighted by atomic mass is 9.79. The number of hydrogen-bond acceptors (Lipinski definition) is 4. The number of hydrogen-bond donors (Lipinski definition) is 1. The van der Waals surface area contributed by atoms with Gasteiger partial charge < -0.3 is 9.84 Å². The number of halogens is 1. The average Bonchev–Trinajstić information content (AvgIpc) is 2.48. The second kappa shape index (κ2) is 6.00. The Kier molecular flexibility index (Phi) is 4.29. The van der Waals surface area contributed by atoms with Crippen molar-refractivity contribution in [2.45, 2.75) is 37.4 Å². The Hall–Kier alpha value is -0.650. The number of nitrogens with zero attached hydrogens (tertiary/aromatic N) is 1. The molecule has 1 spiro atoms. The van der Waals surface area contributed by atoms with E-state index in [1.54, 1.807) is 6.07 Å². The van der Waals surface area contributed by atoms with Crippen LogP contribution in [-0.4, -0.2) is 33.8 Å². The minimum atomic E-state index is -0.619. The quantitative estimate of drug-likeness (QED) is 0.911. The summed E-state index contributed by atoms with van der Waals surface area (Å²) < 4.78 is 18.9. The van der Waals surface area contributed by atoms with Crippen LogP contribution in [0.25, 0.3) is 0 Å². The van der Waals surface area contributed by atoms with Crippen LogP contribution in [0, 0.1) is 11.7 Å². The normalized spacial score (nSPS) is 27.4. The highest BCUT2D eigenvalue weighted by Gasteiger charge is 2.41. The molecule has 2 unspecified atom stereocenters. The summed E-state index contributed by atoms with van der Waals surface area (Å²) in [4.78, 5) is 4.02. The zero-order chi connectivity index (χ0) is 14.0. The molecule has 2 aliphatic rings. The summed E-state index contributed by atoms with van der Waals surface area (Å²) in [5.41, 5.74) is 0.522. The second-order valence-electron chi connectivity index (χ2n) is 5.74. The van der Waals surface area contributed by atoms with Crippen molar-refractivity contribution >= 4 is 11.8 Å². The molecule has 2 aliphatic heterocycles. The Morgan fingerprint density at radius 3 is 2.90 bits per heavy atom. The third kappa shape index (κ3) is 3.00. The van der Waals surface area contributed by atoms with Gasteiger partial charge in [0.2, 0.25) is 0 Å². The first kappa shape index (κ1) is 14.3. The molecule has 0 bridgehead atoms. The van der Waals surface area contributed by atoms with E-state index in [-0.39, 0.29) is 17.3 Å². The molecule has 0 aromatic carbocycles. The van der Waals surface area contributed by atoms with Gasteiger partial charge in [-0.2, -0.15) is 11.8 Å². The summed E-state index contributed by atoms with van der Waals surface area (Å²) in [7, 11) is 0. The Labute approximate surface area is 122 Å². The number of rotatable bonds is 2. The lowest BCUT2D eigenvalue weighted by Gasteiger charge is -2.44. The molecular weight excluding hydrogens is 277 g/mol. The summed E-state index contributed by atoms with van der Waals surface area (Å²) in [6.45, 7) is 0.702. The lowest BCUT2D eigenvalue weighted by Crippen LogP contribution is -2.44. The van der Waals surface area contributed by atoms with Gasteiger partial charge in [0.1, 0.15) is 5.82 Å². The molecule has 1 aromatic heterocycles. The highest BCUT2D eigenvalue weighted by atomic mass is 32.2. The molecule has 3 nitrogen and oxygen atoms in total. The highest BCUT2D eigenvalue weighted by Crippen LogP contribution is 2.43. The van der Waals surface area contributed by atoms with E-state index in [1.807, 2.05) is 11.8 Å². The fourth-order valence-electron chi connectivity index (χ4n) is 3.23. The summed E-state index contributed by atoms with van der Waals surface area (Å²) in [6, 6.07) is 2.94. The number of aliphatic hydroxyl groups excluding tert-OH is 1. The van der Waals surface area contributed by atoms with Crippen molar-refractivity contribution in [3.63, 3.8) is 0 Å². The van der Waals surface area contributed by atoms with Crippen LogP contribution < -0.4 is 0 Å². The summed E-state index contributed by atoms with van der Waals surface area (Å²) >= 11 is 1.97. The predicted octanol–water partition coefficient (Wildman–Crippen LogP) is 2.95. The van der Waals surface area contributed by atoms with Gasteiger partial charge in [-0.05, 0) is 55.2 Å². The van der Waals surface area contributed by atoms with Gasteiger partial charge in [0.05, 0.1) is 23.6 Å². The molecule has 3 rings (SSSR count). The Morgan fingerprint density at radius 1 is 1.40 bits per heavy atom. The number of thioether (sulfide) groups is 1. The second-order valence-corrected chi connectivity index (χ2v) is 6.97. The fraction of sp³-hybridized carbons (Fsp3) is 0.667. The van der Waals surface area contributed by atoms with Crippen LogP contribution in [0.3, 0.4) is 0 Å². The third-order valence-corrected chi connectivity index (χ3v) is 5.42. The molecule has 20 heavy (non-hydrogen) atoms. The maximum Gasteiger partial charge on any atom is 0.141 e. The SMILES string of the molecule is OC(c1ccc(F)cn1)C1CCOC2(CCSCC2)C1. The van der Waals surface area contributed by atoms with Crippen LogP contribution in [0.15, 0.2) is 18.3 Å². The van der Waals surface area contributed by atoms with Crippen molar-refractivity contribution in [3.05, 3.63) is 29.8 Å². The molecule has 3 heterocycles. The number of pyridine rings is 1. The molecule has 5 heteroatoms. The molecule has 1 aromatic rings. The summed E-state index contributed by atoms with van der Waals surface area (Å²) in [5, 5.41) is 10.5. The number of ether oxygens (including phenoxy) is 1. The summed E-state index contributed by atoms with van der Waals surface area (Å²) in [5.74, 6) is 2.06. The maximum absolute atomic E-state index is 12.9. The number of aromatic nitrogens is 1. The van der Waals surface area contributed by atoms with Crippen molar-refractivity contribution < 1.29 is 14.2 Å². The highest BCUT2D eigenvalue weighted by molar-refractivity contribution is 7.99. The fourth-order valence-corrected chi connectivity index (χ4v) is 4.47. The van der Waals surface area contributed by atoms with Gasteiger partial charge in [-0.1, -0.05) is 0 Å². The Bertz CT molecular complexity index is 442. The van der Waals surface area contributed by atoms with Gasteiger partial charge in [0, 0.05) is 6.61 Å². The monoisotopic (exact) mass is 297 g/mol. The van der Waals surface area contributed by atoms with Gasteiger partial charge >= 0.3 is 0 Å². The standard InChI is InChI=1S/C15H20FNO2S/c16-12-1-2-13(17-10-12)14(18)11-3-6-19-15(9-11)4-7-20-8-5-15/h1-2,10-11,14,18H,3-9H2. The minimum Gasteiger partial charge on any atom is -0.387 e. The smallest absolute Gasteiger partial charge is 0.141 e. The van der Waals surface area contributed by atoms with Gasteiger partial charge in [0.25, 0.3) is 0 Å². The molecule has 110 valence electrons. The van der Waals surface area contributed by atoms with Crippen molar-refractivity contribution in [2.75, 3.05) is 18.1 Å². The van der Waals surface area contributed by atoms with Crippen LogP contribution in [-0.2, 0) is 4.74 Å². The molecule has 0 saturated carbocycles. The molecule has 2 fully saturated rings.